The highest BCUT2D eigenvalue weighted by Crippen LogP contribution is 2.44. The van der Waals surface area contributed by atoms with Crippen LogP contribution in [0.3, 0.4) is 0 Å². The van der Waals surface area contributed by atoms with Crippen LogP contribution in [0.1, 0.15) is 26.7 Å². The molecule has 0 aromatic heterocycles. The molecule has 0 aromatic carbocycles. The lowest BCUT2D eigenvalue weighted by atomic mass is 9.72. The van der Waals surface area contributed by atoms with Crippen LogP contribution in [-0.4, -0.2) is 11.6 Å². The fourth-order valence-corrected chi connectivity index (χ4v) is 2.16. The Bertz CT molecular complexity index is 360. The van der Waals surface area contributed by atoms with Gasteiger partial charge < -0.3 is 0 Å². The number of ketones is 2. The number of fused-ring (bicyclic) bond motifs is 1. The van der Waals surface area contributed by atoms with Crippen molar-refractivity contribution in [2.24, 2.45) is 5.41 Å². The van der Waals surface area contributed by atoms with Crippen molar-refractivity contribution in [3.05, 3.63) is 23.3 Å². The van der Waals surface area contributed by atoms with E-state index < -0.39 is 5.41 Å². The zero-order chi connectivity index (χ0) is 9.64. The van der Waals surface area contributed by atoms with Crippen molar-refractivity contribution in [1.29, 1.82) is 0 Å². The zero-order valence-corrected chi connectivity index (χ0v) is 7.89. The summed E-state index contributed by atoms with van der Waals surface area (Å²) in [4.78, 5) is 22.9. The number of rotatable bonds is 0. The molecule has 68 valence electrons. The van der Waals surface area contributed by atoms with Crippen LogP contribution >= 0.6 is 0 Å². The van der Waals surface area contributed by atoms with Crippen LogP contribution in [-0.2, 0) is 9.59 Å². The lowest BCUT2D eigenvalue weighted by Gasteiger charge is -2.29. The number of hydrogen-bond acceptors (Lipinski definition) is 2. The van der Waals surface area contributed by atoms with E-state index in [-0.39, 0.29) is 11.6 Å². The van der Waals surface area contributed by atoms with Gasteiger partial charge in [-0.1, -0.05) is 6.08 Å². The van der Waals surface area contributed by atoms with Crippen LogP contribution in [0, 0.1) is 5.41 Å². The number of hydrogen-bond donors (Lipinski definition) is 0. The molecule has 0 unspecified atom stereocenters. The second-order valence-corrected chi connectivity index (χ2v) is 3.99. The van der Waals surface area contributed by atoms with Gasteiger partial charge in [0.15, 0.2) is 11.6 Å². The molecule has 2 nitrogen and oxygen atoms in total. The average Bonchev–Trinajstić information content (AvgIpc) is 2.39. The van der Waals surface area contributed by atoms with E-state index in [1.807, 2.05) is 13.8 Å². The summed E-state index contributed by atoms with van der Waals surface area (Å²) < 4.78 is 0. The topological polar surface area (TPSA) is 34.1 Å². The minimum atomic E-state index is -0.391. The summed E-state index contributed by atoms with van der Waals surface area (Å²) in [6, 6.07) is 0. The third-order valence-electron chi connectivity index (χ3n) is 3.21. The third-order valence-corrected chi connectivity index (χ3v) is 3.21. The van der Waals surface area contributed by atoms with Crippen molar-refractivity contribution in [3.63, 3.8) is 0 Å². The highest BCUT2D eigenvalue weighted by Gasteiger charge is 2.42. The van der Waals surface area contributed by atoms with Gasteiger partial charge in [0.1, 0.15) is 0 Å². The Hall–Kier alpha value is -1.18. The van der Waals surface area contributed by atoms with E-state index >= 15 is 0 Å². The summed E-state index contributed by atoms with van der Waals surface area (Å²) in [5, 5.41) is 0. The molecular formula is C11H12O2. The molecule has 0 fully saturated rings. The van der Waals surface area contributed by atoms with Gasteiger partial charge >= 0.3 is 0 Å². The lowest BCUT2D eigenvalue weighted by molar-refractivity contribution is -0.122. The molecule has 0 radical (unpaired) electrons. The Labute approximate surface area is 77.3 Å². The van der Waals surface area contributed by atoms with Crippen LogP contribution in [0.15, 0.2) is 23.3 Å². The van der Waals surface area contributed by atoms with E-state index in [1.54, 1.807) is 12.2 Å². The molecule has 2 aliphatic rings. The summed E-state index contributed by atoms with van der Waals surface area (Å²) in [6.07, 6.45) is 4.58. The predicted octanol–water partition coefficient (Wildman–Crippen LogP) is 1.81. The molecule has 0 bridgehead atoms. The molecule has 0 spiro atoms. The first kappa shape index (κ1) is 8.42. The van der Waals surface area contributed by atoms with Gasteiger partial charge in [0.05, 0.1) is 5.41 Å². The largest absolute Gasteiger partial charge is 0.295 e. The van der Waals surface area contributed by atoms with Gasteiger partial charge in [0.2, 0.25) is 0 Å². The smallest absolute Gasteiger partial charge is 0.165 e. The normalized spacial score (nSPS) is 32.8. The molecule has 2 aliphatic carbocycles. The van der Waals surface area contributed by atoms with Gasteiger partial charge in [-0.2, -0.15) is 0 Å². The number of carbonyl (C=O) groups excluding carboxylic acids is 2. The van der Waals surface area contributed by atoms with Gasteiger partial charge in [-0.15, -0.1) is 0 Å². The number of carbonyl (C=O) groups is 2. The fourth-order valence-electron chi connectivity index (χ4n) is 2.16. The molecular weight excluding hydrogens is 164 g/mol. The van der Waals surface area contributed by atoms with E-state index in [2.05, 4.69) is 0 Å². The van der Waals surface area contributed by atoms with Crippen LogP contribution in [0.25, 0.3) is 0 Å². The molecule has 1 atom stereocenters. The quantitative estimate of drug-likeness (QED) is 0.564. The third kappa shape index (κ3) is 0.947. The summed E-state index contributed by atoms with van der Waals surface area (Å²) in [5.74, 6) is 0.334. The molecule has 0 heterocycles. The van der Waals surface area contributed by atoms with Crippen molar-refractivity contribution in [3.8, 4) is 0 Å². The minimum Gasteiger partial charge on any atom is -0.295 e. The van der Waals surface area contributed by atoms with Gasteiger partial charge in [-0.25, -0.2) is 0 Å². The second kappa shape index (κ2) is 2.41. The molecule has 2 heteroatoms. The second-order valence-electron chi connectivity index (χ2n) is 3.99. The SMILES string of the molecule is CC1=C2C=CC(=O)[C@]2(C)CCC1=O. The summed E-state index contributed by atoms with van der Waals surface area (Å²) >= 11 is 0. The molecule has 0 aromatic rings. The molecule has 0 N–H and O–H groups in total. The first-order chi connectivity index (χ1) is 6.05. The van der Waals surface area contributed by atoms with Crippen molar-refractivity contribution in [1.82, 2.24) is 0 Å². The monoisotopic (exact) mass is 176 g/mol. The van der Waals surface area contributed by atoms with Gasteiger partial charge in [0.25, 0.3) is 0 Å². The van der Waals surface area contributed by atoms with E-state index in [1.165, 1.54) is 0 Å². The van der Waals surface area contributed by atoms with E-state index in [9.17, 15) is 9.59 Å². The van der Waals surface area contributed by atoms with Crippen molar-refractivity contribution in [2.45, 2.75) is 26.7 Å². The highest BCUT2D eigenvalue weighted by molar-refractivity contribution is 6.07. The van der Waals surface area contributed by atoms with Crippen molar-refractivity contribution in [2.75, 3.05) is 0 Å². The van der Waals surface area contributed by atoms with Gasteiger partial charge in [-0.05, 0) is 37.5 Å². The lowest BCUT2D eigenvalue weighted by Crippen LogP contribution is -2.30. The van der Waals surface area contributed by atoms with E-state index in [4.69, 9.17) is 0 Å². The Morgan fingerprint density at radius 2 is 2.00 bits per heavy atom. The van der Waals surface area contributed by atoms with Crippen LogP contribution in [0.2, 0.25) is 0 Å². The van der Waals surface area contributed by atoms with Gasteiger partial charge in [0, 0.05) is 6.42 Å². The summed E-state index contributed by atoms with van der Waals surface area (Å²) in [5.41, 5.74) is 1.32. The number of allylic oxidation sites excluding steroid dienone is 4. The summed E-state index contributed by atoms with van der Waals surface area (Å²) in [6.45, 7) is 3.75. The molecule has 0 aliphatic heterocycles. The molecule has 0 saturated heterocycles. The Morgan fingerprint density at radius 1 is 1.31 bits per heavy atom. The molecule has 0 saturated carbocycles. The minimum absolute atomic E-state index is 0.148. The maximum Gasteiger partial charge on any atom is 0.165 e. The van der Waals surface area contributed by atoms with Gasteiger partial charge in [-0.3, -0.25) is 9.59 Å². The van der Waals surface area contributed by atoms with Crippen molar-refractivity contribution < 1.29 is 9.59 Å². The van der Waals surface area contributed by atoms with Crippen molar-refractivity contribution >= 4 is 11.6 Å². The highest BCUT2D eigenvalue weighted by atomic mass is 16.1. The standard InChI is InChI=1S/C11H12O2/c1-7-8-3-4-10(13)11(8,2)6-5-9(7)12/h3-4H,5-6H2,1-2H3/t11-/m1/s1. The number of Topliss-reactive ketones (excluding diaryl/α,β-unsaturated/α-hetero) is 1. The average molecular weight is 176 g/mol. The maximum atomic E-state index is 11.6. The summed E-state index contributed by atoms with van der Waals surface area (Å²) in [7, 11) is 0. The Balaban J connectivity index is 2.59. The predicted molar refractivity (Wildman–Crippen MR) is 49.2 cm³/mol. The Kier molecular flexibility index (Phi) is 1.56. The van der Waals surface area contributed by atoms with Crippen LogP contribution in [0.4, 0.5) is 0 Å². The fraction of sp³-hybridized carbons (Fsp3) is 0.455. The van der Waals surface area contributed by atoms with E-state index in [0.717, 1.165) is 11.1 Å². The molecule has 2 rings (SSSR count). The van der Waals surface area contributed by atoms with E-state index in [0.29, 0.717) is 12.8 Å². The van der Waals surface area contributed by atoms with Crippen LogP contribution < -0.4 is 0 Å². The molecule has 0 amide bonds. The van der Waals surface area contributed by atoms with Crippen LogP contribution in [0.5, 0.6) is 0 Å². The first-order valence-corrected chi connectivity index (χ1v) is 4.53. The first-order valence-electron chi connectivity index (χ1n) is 4.53. The Morgan fingerprint density at radius 3 is 2.69 bits per heavy atom. The maximum absolute atomic E-state index is 11.6. The zero-order valence-electron chi connectivity index (χ0n) is 7.89. The molecule has 13 heavy (non-hydrogen) atoms.